The molecule has 20 heavy (non-hydrogen) atoms. The van der Waals surface area contributed by atoms with Crippen molar-refractivity contribution in [3.63, 3.8) is 0 Å². The lowest BCUT2D eigenvalue weighted by molar-refractivity contribution is -0.385. The van der Waals surface area contributed by atoms with Crippen molar-refractivity contribution in [2.45, 2.75) is 26.2 Å². The van der Waals surface area contributed by atoms with Crippen LogP contribution in [0.1, 0.15) is 26.2 Å². The number of anilines is 1. The minimum absolute atomic E-state index is 0.0365. The predicted octanol–water partition coefficient (Wildman–Crippen LogP) is 2.55. The van der Waals surface area contributed by atoms with Crippen molar-refractivity contribution in [2.75, 3.05) is 24.6 Å². The van der Waals surface area contributed by atoms with Crippen LogP contribution in [-0.2, 0) is 4.79 Å². The molecule has 0 saturated carbocycles. The summed E-state index contributed by atoms with van der Waals surface area (Å²) in [5, 5.41) is 11.0. The highest BCUT2D eigenvalue weighted by molar-refractivity contribution is 5.84. The van der Waals surface area contributed by atoms with E-state index in [1.54, 1.807) is 12.1 Å². The summed E-state index contributed by atoms with van der Waals surface area (Å²) in [5.41, 5.74) is 0.764. The van der Waals surface area contributed by atoms with Gasteiger partial charge in [-0.2, -0.15) is 0 Å². The second-order valence-corrected chi connectivity index (χ2v) is 4.82. The van der Waals surface area contributed by atoms with Gasteiger partial charge in [0.25, 0.3) is 0 Å². The van der Waals surface area contributed by atoms with Gasteiger partial charge in [0.1, 0.15) is 0 Å². The number of carbonyl (C=O) groups is 1. The number of rotatable bonds is 5. The molecule has 1 aromatic rings. The lowest BCUT2D eigenvalue weighted by Gasteiger charge is -2.28. The van der Waals surface area contributed by atoms with E-state index in [2.05, 4.69) is 0 Å². The smallest absolute Gasteiger partial charge is 0.311 e. The maximum atomic E-state index is 11.5. The van der Waals surface area contributed by atoms with Gasteiger partial charge in [0.2, 0.25) is 0 Å². The molecular weight excluding hydrogens is 260 g/mol. The highest BCUT2D eigenvalue weighted by Gasteiger charge is 2.21. The largest absolute Gasteiger partial charge is 0.487 e. The van der Waals surface area contributed by atoms with Crippen LogP contribution < -0.4 is 9.64 Å². The van der Waals surface area contributed by atoms with Gasteiger partial charge in [-0.1, -0.05) is 6.92 Å². The molecule has 0 atom stereocenters. The van der Waals surface area contributed by atoms with E-state index in [4.69, 9.17) is 4.74 Å². The topological polar surface area (TPSA) is 72.7 Å². The molecule has 2 rings (SSSR count). The fourth-order valence-corrected chi connectivity index (χ4v) is 2.24. The van der Waals surface area contributed by atoms with Crippen LogP contribution in [0.2, 0.25) is 0 Å². The van der Waals surface area contributed by atoms with Crippen molar-refractivity contribution in [2.24, 2.45) is 0 Å². The molecule has 1 aliphatic heterocycles. The van der Waals surface area contributed by atoms with E-state index in [1.807, 2.05) is 11.8 Å². The Labute approximate surface area is 117 Å². The minimum atomic E-state index is -0.448. The average molecular weight is 278 g/mol. The third-order valence-electron chi connectivity index (χ3n) is 3.22. The van der Waals surface area contributed by atoms with Gasteiger partial charge in [-0.05, 0) is 18.9 Å². The van der Waals surface area contributed by atoms with Crippen molar-refractivity contribution in [1.29, 1.82) is 0 Å². The molecule has 0 N–H and O–H groups in total. The first-order valence-electron chi connectivity index (χ1n) is 6.79. The first kappa shape index (κ1) is 14.3. The van der Waals surface area contributed by atoms with Gasteiger partial charge in [-0.25, -0.2) is 0 Å². The highest BCUT2D eigenvalue weighted by Crippen LogP contribution is 2.32. The molecule has 0 aromatic heterocycles. The third-order valence-corrected chi connectivity index (χ3v) is 3.22. The summed E-state index contributed by atoms with van der Waals surface area (Å²) in [4.78, 5) is 24.0. The van der Waals surface area contributed by atoms with Crippen molar-refractivity contribution in [3.8, 4) is 5.75 Å². The fraction of sp³-hybridized carbons (Fsp3) is 0.500. The molecule has 0 unspecified atom stereocenters. The van der Waals surface area contributed by atoms with Gasteiger partial charge in [0.15, 0.2) is 11.5 Å². The Morgan fingerprint density at radius 1 is 1.45 bits per heavy atom. The molecule has 1 saturated heterocycles. The quantitative estimate of drug-likeness (QED) is 0.611. The van der Waals surface area contributed by atoms with Crippen LogP contribution in [0.15, 0.2) is 18.2 Å². The third kappa shape index (κ3) is 3.26. The molecule has 1 heterocycles. The van der Waals surface area contributed by atoms with Gasteiger partial charge < -0.3 is 9.64 Å². The number of Topliss-reactive ketones (excluding diaryl/α,β-unsaturated/α-hetero) is 1. The average Bonchev–Trinajstić information content (AvgIpc) is 2.44. The van der Waals surface area contributed by atoms with Crippen molar-refractivity contribution in [1.82, 2.24) is 0 Å². The molecule has 1 fully saturated rings. The van der Waals surface area contributed by atoms with E-state index in [9.17, 15) is 14.9 Å². The summed E-state index contributed by atoms with van der Waals surface area (Å²) in [6.45, 7) is 3.53. The molecule has 0 amide bonds. The molecule has 6 heteroatoms. The highest BCUT2D eigenvalue weighted by atomic mass is 16.6. The number of nitro groups is 1. The van der Waals surface area contributed by atoms with Gasteiger partial charge >= 0.3 is 5.69 Å². The molecule has 0 radical (unpaired) electrons. The van der Waals surface area contributed by atoms with E-state index in [-0.39, 0.29) is 17.2 Å². The maximum Gasteiger partial charge on any atom is 0.311 e. The van der Waals surface area contributed by atoms with Gasteiger partial charge in [0, 0.05) is 30.8 Å². The van der Waals surface area contributed by atoms with E-state index >= 15 is 0 Å². The van der Waals surface area contributed by atoms with Crippen molar-refractivity contribution < 1.29 is 14.5 Å². The Hall–Kier alpha value is -2.11. The van der Waals surface area contributed by atoms with Gasteiger partial charge in [0.05, 0.1) is 18.1 Å². The van der Waals surface area contributed by atoms with Crippen LogP contribution in [-0.4, -0.2) is 30.4 Å². The molecular formula is C14H18N2O4. The molecule has 1 aromatic carbocycles. The van der Waals surface area contributed by atoms with Crippen LogP contribution in [0.3, 0.4) is 0 Å². The molecule has 1 aliphatic rings. The summed E-state index contributed by atoms with van der Waals surface area (Å²) >= 11 is 0. The first-order valence-corrected chi connectivity index (χ1v) is 6.79. The summed E-state index contributed by atoms with van der Waals surface area (Å²) in [6, 6.07) is 4.78. The van der Waals surface area contributed by atoms with Crippen LogP contribution in [0, 0.1) is 10.1 Å². The maximum absolute atomic E-state index is 11.5. The standard InChI is InChI=1S/C14H18N2O4/c1-2-8-20-14-9-11(5-6-13(14)16(18)19)15-7-3-4-12(17)10-15/h5-6,9H,2-4,7-8,10H2,1H3. The van der Waals surface area contributed by atoms with Crippen molar-refractivity contribution in [3.05, 3.63) is 28.3 Å². The number of hydrogen-bond acceptors (Lipinski definition) is 5. The number of hydrogen-bond donors (Lipinski definition) is 0. The van der Waals surface area contributed by atoms with Gasteiger partial charge in [-0.15, -0.1) is 0 Å². The Morgan fingerprint density at radius 2 is 2.25 bits per heavy atom. The number of ketones is 1. The van der Waals surface area contributed by atoms with Crippen LogP contribution >= 0.6 is 0 Å². The molecule has 0 bridgehead atoms. The second kappa shape index (κ2) is 6.36. The number of piperidine rings is 1. The van der Waals surface area contributed by atoms with Gasteiger partial charge in [-0.3, -0.25) is 14.9 Å². The first-order chi connectivity index (χ1) is 9.61. The van der Waals surface area contributed by atoms with E-state index in [0.717, 1.165) is 25.1 Å². The minimum Gasteiger partial charge on any atom is -0.487 e. The van der Waals surface area contributed by atoms with E-state index in [0.29, 0.717) is 19.6 Å². The Kier molecular flexibility index (Phi) is 4.55. The predicted molar refractivity (Wildman–Crippen MR) is 75.3 cm³/mol. The summed E-state index contributed by atoms with van der Waals surface area (Å²) < 4.78 is 5.45. The Bertz CT molecular complexity index is 516. The van der Waals surface area contributed by atoms with E-state index < -0.39 is 4.92 Å². The van der Waals surface area contributed by atoms with Crippen LogP contribution in [0.5, 0.6) is 5.75 Å². The summed E-state index contributed by atoms with van der Waals surface area (Å²) in [6.07, 6.45) is 2.22. The monoisotopic (exact) mass is 278 g/mol. The number of ether oxygens (including phenoxy) is 1. The number of carbonyl (C=O) groups excluding carboxylic acids is 1. The Morgan fingerprint density at radius 3 is 2.90 bits per heavy atom. The van der Waals surface area contributed by atoms with Crippen molar-refractivity contribution >= 4 is 17.2 Å². The molecule has 0 aliphatic carbocycles. The fourth-order valence-electron chi connectivity index (χ4n) is 2.24. The zero-order valence-electron chi connectivity index (χ0n) is 11.5. The number of nitrogens with zero attached hydrogens (tertiary/aromatic N) is 2. The number of nitro benzene ring substituents is 1. The Balaban J connectivity index is 2.25. The van der Waals surface area contributed by atoms with E-state index in [1.165, 1.54) is 6.07 Å². The summed E-state index contributed by atoms with van der Waals surface area (Å²) in [5.74, 6) is 0.470. The number of benzene rings is 1. The normalized spacial score (nSPS) is 15.2. The molecule has 6 nitrogen and oxygen atoms in total. The lowest BCUT2D eigenvalue weighted by Crippen LogP contribution is -2.35. The SMILES string of the molecule is CCCOc1cc(N2CCCC(=O)C2)ccc1[N+](=O)[O-]. The lowest BCUT2D eigenvalue weighted by atomic mass is 10.1. The zero-order chi connectivity index (χ0) is 14.5. The zero-order valence-corrected chi connectivity index (χ0v) is 11.5. The second-order valence-electron chi connectivity index (χ2n) is 4.82. The molecule has 0 spiro atoms. The van der Waals surface area contributed by atoms with Crippen LogP contribution in [0.4, 0.5) is 11.4 Å². The van der Waals surface area contributed by atoms with Crippen LogP contribution in [0.25, 0.3) is 0 Å². The molecule has 108 valence electrons. The summed E-state index contributed by atoms with van der Waals surface area (Å²) in [7, 11) is 0.